The molecule has 0 aliphatic heterocycles. The van der Waals surface area contributed by atoms with Crippen LogP contribution in [0, 0.1) is 17.8 Å². The topological polar surface area (TPSA) is 78.9 Å². The van der Waals surface area contributed by atoms with Crippen molar-refractivity contribution in [2.45, 2.75) is 369 Å². The molecule has 0 radical (unpaired) electrons. The van der Waals surface area contributed by atoms with Gasteiger partial charge in [-0.15, -0.1) is 0 Å². The third kappa shape index (κ3) is 56.0. The van der Waals surface area contributed by atoms with E-state index in [1.54, 1.807) is 0 Å². The summed E-state index contributed by atoms with van der Waals surface area (Å²) in [7, 11) is 0. The highest BCUT2D eigenvalue weighted by Crippen LogP contribution is 2.20. The van der Waals surface area contributed by atoms with Gasteiger partial charge in [0.25, 0.3) is 0 Å². The molecule has 3 atom stereocenters. The standard InChI is InChI=1S/C65H126O6/c1-7-60(5)52-46-40-33-29-25-21-17-13-9-11-15-19-23-27-31-35-42-48-54-63(66)69-57-62(58-70-64(67)55-49-43-38-37-39-45-51-59(3)4)71-65(68)56-50-44-36-32-28-24-20-16-12-10-14-18-22-26-30-34-41-47-53-61(6)8-2/h59-62H,7-58H2,1-6H3/t60?,61?,62-/m0/s1. The van der Waals surface area contributed by atoms with Crippen molar-refractivity contribution >= 4 is 17.9 Å². The molecular weight excluding hydrogens is 877 g/mol. The van der Waals surface area contributed by atoms with E-state index < -0.39 is 6.10 Å². The van der Waals surface area contributed by atoms with Crippen molar-refractivity contribution in [3.8, 4) is 0 Å². The average molecular weight is 1000 g/mol. The van der Waals surface area contributed by atoms with E-state index in [1.807, 2.05) is 0 Å². The lowest BCUT2D eigenvalue weighted by Gasteiger charge is -2.18. The molecule has 0 spiro atoms. The lowest BCUT2D eigenvalue weighted by atomic mass is 9.99. The third-order valence-electron chi connectivity index (χ3n) is 15.6. The Morgan fingerprint density at radius 2 is 0.493 bits per heavy atom. The highest BCUT2D eigenvalue weighted by atomic mass is 16.6. The summed E-state index contributed by atoms with van der Waals surface area (Å²) in [5, 5.41) is 0. The number of unbranched alkanes of at least 4 members (excludes halogenated alkanes) is 39. The summed E-state index contributed by atoms with van der Waals surface area (Å²) in [5.74, 6) is 1.74. The Morgan fingerprint density at radius 3 is 0.732 bits per heavy atom. The maximum Gasteiger partial charge on any atom is 0.306 e. The van der Waals surface area contributed by atoms with Crippen LogP contribution in [-0.2, 0) is 28.6 Å². The van der Waals surface area contributed by atoms with E-state index in [4.69, 9.17) is 14.2 Å². The van der Waals surface area contributed by atoms with Gasteiger partial charge in [-0.3, -0.25) is 14.4 Å². The van der Waals surface area contributed by atoms with Crippen LogP contribution in [0.5, 0.6) is 0 Å². The van der Waals surface area contributed by atoms with Crippen LogP contribution in [0.15, 0.2) is 0 Å². The first-order valence-electron chi connectivity index (χ1n) is 32.2. The minimum absolute atomic E-state index is 0.0637. The van der Waals surface area contributed by atoms with E-state index in [0.29, 0.717) is 19.3 Å². The zero-order valence-corrected chi connectivity index (χ0v) is 49.0. The molecule has 71 heavy (non-hydrogen) atoms. The van der Waals surface area contributed by atoms with Gasteiger partial charge in [0, 0.05) is 19.3 Å². The maximum absolute atomic E-state index is 12.9. The fourth-order valence-corrected chi connectivity index (χ4v) is 10.00. The number of hydrogen-bond acceptors (Lipinski definition) is 6. The first-order chi connectivity index (χ1) is 34.7. The SMILES string of the molecule is CCC(C)CCCCCCCCCCCCCCCCCCCCC(=O)OC[C@@H](COC(=O)CCCCCCCCC(C)C)OC(=O)CCCCCCCCCCCCCCCCCCCCC(C)CC. The molecule has 0 saturated carbocycles. The fraction of sp³-hybridized carbons (Fsp3) is 0.954. The summed E-state index contributed by atoms with van der Waals surface area (Å²) in [6.07, 6.45) is 61.2. The van der Waals surface area contributed by atoms with E-state index in [2.05, 4.69) is 41.5 Å². The molecule has 0 amide bonds. The Kier molecular flexibility index (Phi) is 54.9. The average Bonchev–Trinajstić information content (AvgIpc) is 3.36. The molecule has 0 saturated heterocycles. The van der Waals surface area contributed by atoms with Gasteiger partial charge < -0.3 is 14.2 Å². The van der Waals surface area contributed by atoms with Crippen molar-refractivity contribution in [2.75, 3.05) is 13.2 Å². The molecule has 0 aromatic carbocycles. The summed E-state index contributed by atoms with van der Waals surface area (Å²) >= 11 is 0. The minimum atomic E-state index is -0.764. The van der Waals surface area contributed by atoms with Crippen LogP contribution >= 0.6 is 0 Å². The normalized spacial score (nSPS) is 12.9. The molecule has 0 heterocycles. The van der Waals surface area contributed by atoms with Gasteiger partial charge in [0.1, 0.15) is 13.2 Å². The molecule has 0 bridgehead atoms. The molecule has 0 fully saturated rings. The molecule has 2 unspecified atom stereocenters. The lowest BCUT2D eigenvalue weighted by Crippen LogP contribution is -2.30. The molecule has 6 nitrogen and oxygen atoms in total. The van der Waals surface area contributed by atoms with Gasteiger partial charge in [-0.05, 0) is 37.0 Å². The maximum atomic E-state index is 12.9. The van der Waals surface area contributed by atoms with Crippen molar-refractivity contribution in [1.82, 2.24) is 0 Å². The second-order valence-electron chi connectivity index (χ2n) is 23.4. The second-order valence-corrected chi connectivity index (χ2v) is 23.4. The van der Waals surface area contributed by atoms with Gasteiger partial charge in [-0.25, -0.2) is 0 Å². The summed E-state index contributed by atoms with van der Waals surface area (Å²) in [6, 6.07) is 0. The monoisotopic (exact) mass is 1000 g/mol. The number of carbonyl (C=O) groups excluding carboxylic acids is 3. The van der Waals surface area contributed by atoms with Crippen LogP contribution in [0.1, 0.15) is 363 Å². The van der Waals surface area contributed by atoms with E-state index in [-0.39, 0.29) is 31.1 Å². The van der Waals surface area contributed by atoms with Gasteiger partial charge in [0.2, 0.25) is 0 Å². The largest absolute Gasteiger partial charge is 0.462 e. The van der Waals surface area contributed by atoms with Crippen molar-refractivity contribution < 1.29 is 28.6 Å². The molecule has 0 aromatic rings. The van der Waals surface area contributed by atoms with Gasteiger partial charge >= 0.3 is 17.9 Å². The van der Waals surface area contributed by atoms with Crippen molar-refractivity contribution in [3.63, 3.8) is 0 Å². The second kappa shape index (κ2) is 56.1. The number of carbonyl (C=O) groups is 3. The van der Waals surface area contributed by atoms with E-state index in [9.17, 15) is 14.4 Å². The Labute approximate surface area is 444 Å². The molecular formula is C65H126O6. The molecule has 422 valence electrons. The predicted molar refractivity (Wildman–Crippen MR) is 307 cm³/mol. The van der Waals surface area contributed by atoms with Crippen LogP contribution in [0.2, 0.25) is 0 Å². The van der Waals surface area contributed by atoms with Crippen LogP contribution < -0.4 is 0 Å². The Balaban J connectivity index is 4.15. The minimum Gasteiger partial charge on any atom is -0.462 e. The number of esters is 3. The number of ether oxygens (including phenoxy) is 3. The van der Waals surface area contributed by atoms with Crippen LogP contribution in [0.4, 0.5) is 0 Å². The van der Waals surface area contributed by atoms with Crippen molar-refractivity contribution in [3.05, 3.63) is 0 Å². The van der Waals surface area contributed by atoms with Crippen LogP contribution in [0.3, 0.4) is 0 Å². The van der Waals surface area contributed by atoms with E-state index in [0.717, 1.165) is 75.5 Å². The molecule has 0 rings (SSSR count). The number of hydrogen-bond donors (Lipinski definition) is 0. The molecule has 0 N–H and O–H groups in total. The number of rotatable bonds is 58. The van der Waals surface area contributed by atoms with Crippen molar-refractivity contribution in [2.24, 2.45) is 17.8 Å². The first kappa shape index (κ1) is 69.4. The fourth-order valence-electron chi connectivity index (χ4n) is 10.00. The molecule has 0 aliphatic rings. The quantitative estimate of drug-likeness (QED) is 0.0343. The van der Waals surface area contributed by atoms with Gasteiger partial charge in [-0.1, -0.05) is 324 Å². The third-order valence-corrected chi connectivity index (χ3v) is 15.6. The highest BCUT2D eigenvalue weighted by Gasteiger charge is 2.19. The zero-order valence-electron chi connectivity index (χ0n) is 49.0. The Hall–Kier alpha value is -1.59. The molecule has 0 aromatic heterocycles. The lowest BCUT2D eigenvalue weighted by molar-refractivity contribution is -0.167. The molecule has 6 heteroatoms. The summed E-state index contributed by atoms with van der Waals surface area (Å²) < 4.78 is 16.9. The predicted octanol–water partition coefficient (Wildman–Crippen LogP) is 21.5. The van der Waals surface area contributed by atoms with Crippen LogP contribution in [-0.4, -0.2) is 37.2 Å². The van der Waals surface area contributed by atoms with Crippen LogP contribution in [0.25, 0.3) is 0 Å². The van der Waals surface area contributed by atoms with E-state index in [1.165, 1.54) is 244 Å². The smallest absolute Gasteiger partial charge is 0.306 e. The zero-order chi connectivity index (χ0) is 51.9. The van der Waals surface area contributed by atoms with Crippen molar-refractivity contribution in [1.29, 1.82) is 0 Å². The summed E-state index contributed by atoms with van der Waals surface area (Å²) in [4.78, 5) is 38.2. The Morgan fingerprint density at radius 1 is 0.282 bits per heavy atom. The summed E-state index contributed by atoms with van der Waals surface area (Å²) in [6.45, 7) is 13.8. The summed E-state index contributed by atoms with van der Waals surface area (Å²) in [5.41, 5.74) is 0. The van der Waals surface area contributed by atoms with Gasteiger partial charge in [-0.2, -0.15) is 0 Å². The van der Waals surface area contributed by atoms with E-state index >= 15 is 0 Å². The highest BCUT2D eigenvalue weighted by molar-refractivity contribution is 5.71. The molecule has 0 aliphatic carbocycles. The van der Waals surface area contributed by atoms with Gasteiger partial charge in [0.05, 0.1) is 0 Å². The Bertz CT molecular complexity index is 1110. The first-order valence-corrected chi connectivity index (χ1v) is 32.2. The van der Waals surface area contributed by atoms with Gasteiger partial charge in [0.15, 0.2) is 6.10 Å².